The van der Waals surface area contributed by atoms with E-state index in [-0.39, 0.29) is 6.61 Å². The first-order valence-corrected chi connectivity index (χ1v) is 8.89. The topological polar surface area (TPSA) is 56.5 Å². The largest absolute Gasteiger partial charge is 0.494 e. The predicted molar refractivity (Wildman–Crippen MR) is 102 cm³/mol. The third kappa shape index (κ3) is 3.84. The number of hydrogen-bond acceptors (Lipinski definition) is 4. The zero-order chi connectivity index (χ0) is 18.5. The van der Waals surface area contributed by atoms with Crippen molar-refractivity contribution in [3.63, 3.8) is 0 Å². The summed E-state index contributed by atoms with van der Waals surface area (Å²) in [7, 11) is 0. The van der Waals surface area contributed by atoms with Crippen molar-refractivity contribution in [3.8, 4) is 28.4 Å². The molecule has 5 nitrogen and oxygen atoms in total. The first-order chi connectivity index (χ1) is 12.7. The summed E-state index contributed by atoms with van der Waals surface area (Å²) in [6.45, 7) is 4.82. The number of para-hydroxylation sites is 1. The van der Waals surface area contributed by atoms with Gasteiger partial charge < -0.3 is 14.6 Å². The number of ether oxygens (including phenoxy) is 2. The van der Waals surface area contributed by atoms with Gasteiger partial charge in [-0.2, -0.15) is 5.10 Å². The number of aliphatic hydroxyl groups is 1. The Hall–Kier alpha value is -2.50. The minimum Gasteiger partial charge on any atom is -0.494 e. The van der Waals surface area contributed by atoms with Crippen molar-refractivity contribution in [2.24, 2.45) is 0 Å². The predicted octanol–water partition coefficient (Wildman–Crippen LogP) is 4.48. The summed E-state index contributed by atoms with van der Waals surface area (Å²) < 4.78 is 13.1. The van der Waals surface area contributed by atoms with Gasteiger partial charge in [-0.1, -0.05) is 23.7 Å². The van der Waals surface area contributed by atoms with E-state index in [4.69, 9.17) is 21.1 Å². The Balaban J connectivity index is 2.17. The summed E-state index contributed by atoms with van der Waals surface area (Å²) in [6, 6.07) is 15.0. The van der Waals surface area contributed by atoms with E-state index in [9.17, 15) is 5.11 Å². The zero-order valence-electron chi connectivity index (χ0n) is 14.8. The Bertz CT molecular complexity index is 868. The molecule has 0 aliphatic rings. The Morgan fingerprint density at radius 3 is 2.23 bits per heavy atom. The Kier molecular flexibility index (Phi) is 5.81. The second kappa shape index (κ2) is 8.25. The van der Waals surface area contributed by atoms with Crippen LogP contribution in [0.3, 0.4) is 0 Å². The van der Waals surface area contributed by atoms with Gasteiger partial charge in [0.15, 0.2) is 0 Å². The summed E-state index contributed by atoms with van der Waals surface area (Å²) in [5.41, 5.74) is 2.96. The molecular weight excluding hydrogens is 352 g/mol. The molecule has 2 aromatic carbocycles. The lowest BCUT2D eigenvalue weighted by Gasteiger charge is -2.13. The molecule has 0 radical (unpaired) electrons. The molecule has 0 fully saturated rings. The lowest BCUT2D eigenvalue weighted by molar-refractivity contribution is 0.276. The highest BCUT2D eigenvalue weighted by Gasteiger charge is 2.15. The lowest BCUT2D eigenvalue weighted by atomic mass is 10.1. The number of hydrogen-bond donors (Lipinski definition) is 1. The van der Waals surface area contributed by atoms with Gasteiger partial charge in [-0.3, -0.25) is 0 Å². The molecule has 0 saturated heterocycles. The van der Waals surface area contributed by atoms with Crippen molar-refractivity contribution in [2.75, 3.05) is 13.2 Å². The number of nitrogens with zero attached hydrogens (tertiary/aromatic N) is 2. The highest BCUT2D eigenvalue weighted by Crippen LogP contribution is 2.33. The molecule has 136 valence electrons. The van der Waals surface area contributed by atoms with Gasteiger partial charge >= 0.3 is 0 Å². The van der Waals surface area contributed by atoms with E-state index in [0.29, 0.717) is 35.4 Å². The summed E-state index contributed by atoms with van der Waals surface area (Å²) in [4.78, 5) is 0. The van der Waals surface area contributed by atoms with Crippen molar-refractivity contribution in [2.45, 2.75) is 20.5 Å². The number of benzene rings is 2. The second-order valence-electron chi connectivity index (χ2n) is 5.60. The van der Waals surface area contributed by atoms with Crippen molar-refractivity contribution in [1.82, 2.24) is 9.78 Å². The number of aromatic nitrogens is 2. The van der Waals surface area contributed by atoms with Crippen LogP contribution in [-0.4, -0.2) is 28.1 Å². The molecular formula is C20H21ClN2O3. The molecule has 3 rings (SSSR count). The maximum Gasteiger partial charge on any atom is 0.123 e. The van der Waals surface area contributed by atoms with Crippen molar-refractivity contribution in [3.05, 3.63) is 59.2 Å². The first-order valence-electron chi connectivity index (χ1n) is 8.52. The van der Waals surface area contributed by atoms with Crippen LogP contribution in [0.4, 0.5) is 0 Å². The molecule has 0 unspecified atom stereocenters. The highest BCUT2D eigenvalue weighted by atomic mass is 35.5. The quantitative estimate of drug-likeness (QED) is 0.664. The highest BCUT2D eigenvalue weighted by molar-refractivity contribution is 6.32. The van der Waals surface area contributed by atoms with Crippen LogP contribution in [0.15, 0.2) is 48.5 Å². The van der Waals surface area contributed by atoms with Gasteiger partial charge in [-0.05, 0) is 44.2 Å². The Labute approximate surface area is 157 Å². The third-order valence-electron chi connectivity index (χ3n) is 3.80. The van der Waals surface area contributed by atoms with Gasteiger partial charge in [0, 0.05) is 11.6 Å². The molecule has 0 bridgehead atoms. The van der Waals surface area contributed by atoms with Crippen LogP contribution < -0.4 is 9.47 Å². The fraction of sp³-hybridized carbons (Fsp3) is 0.250. The monoisotopic (exact) mass is 372 g/mol. The van der Waals surface area contributed by atoms with Gasteiger partial charge in [0.1, 0.15) is 11.5 Å². The van der Waals surface area contributed by atoms with Crippen LogP contribution in [0.2, 0.25) is 5.02 Å². The van der Waals surface area contributed by atoms with Gasteiger partial charge in [0.25, 0.3) is 0 Å². The molecule has 1 aromatic heterocycles. The van der Waals surface area contributed by atoms with Crippen LogP contribution in [-0.2, 0) is 6.61 Å². The SMILES string of the molecule is CCOc1cc(OCC)cc(-c2cc(CO)nn2-c2ccccc2Cl)c1. The van der Waals surface area contributed by atoms with E-state index in [1.54, 1.807) is 4.68 Å². The molecule has 0 aliphatic carbocycles. The summed E-state index contributed by atoms with van der Waals surface area (Å²) in [5.74, 6) is 1.43. The minimum absolute atomic E-state index is 0.159. The summed E-state index contributed by atoms with van der Waals surface area (Å²) in [6.07, 6.45) is 0. The van der Waals surface area contributed by atoms with Crippen LogP contribution in [0.1, 0.15) is 19.5 Å². The van der Waals surface area contributed by atoms with Gasteiger partial charge in [-0.25, -0.2) is 4.68 Å². The maximum absolute atomic E-state index is 9.56. The van der Waals surface area contributed by atoms with Crippen molar-refractivity contribution in [1.29, 1.82) is 0 Å². The molecule has 0 saturated carbocycles. The van der Waals surface area contributed by atoms with Crippen molar-refractivity contribution < 1.29 is 14.6 Å². The van der Waals surface area contributed by atoms with Gasteiger partial charge in [-0.15, -0.1) is 0 Å². The normalized spacial score (nSPS) is 10.8. The lowest BCUT2D eigenvalue weighted by Crippen LogP contribution is -2.01. The average Bonchev–Trinajstić information content (AvgIpc) is 3.07. The number of rotatable bonds is 7. The molecule has 26 heavy (non-hydrogen) atoms. The molecule has 0 spiro atoms. The fourth-order valence-corrected chi connectivity index (χ4v) is 2.96. The number of aliphatic hydroxyl groups excluding tert-OH is 1. The second-order valence-corrected chi connectivity index (χ2v) is 6.01. The molecule has 0 amide bonds. The van der Waals surface area contributed by atoms with Crippen LogP contribution in [0.5, 0.6) is 11.5 Å². The Morgan fingerprint density at radius 1 is 1.00 bits per heavy atom. The van der Waals surface area contributed by atoms with Gasteiger partial charge in [0.2, 0.25) is 0 Å². The van der Waals surface area contributed by atoms with E-state index >= 15 is 0 Å². The van der Waals surface area contributed by atoms with Gasteiger partial charge in [0.05, 0.1) is 41.9 Å². The van der Waals surface area contributed by atoms with E-state index in [1.807, 2.05) is 62.4 Å². The molecule has 1 heterocycles. The van der Waals surface area contributed by atoms with Crippen molar-refractivity contribution >= 4 is 11.6 Å². The van der Waals surface area contributed by atoms with Crippen LogP contribution >= 0.6 is 11.6 Å². The van der Waals surface area contributed by atoms with Crippen LogP contribution in [0, 0.1) is 0 Å². The van der Waals surface area contributed by atoms with E-state index < -0.39 is 0 Å². The zero-order valence-corrected chi connectivity index (χ0v) is 15.5. The first kappa shape index (κ1) is 18.3. The molecule has 3 aromatic rings. The van der Waals surface area contributed by atoms with E-state index in [1.165, 1.54) is 0 Å². The Morgan fingerprint density at radius 2 is 1.65 bits per heavy atom. The average molecular weight is 373 g/mol. The minimum atomic E-state index is -0.159. The van der Waals surface area contributed by atoms with E-state index in [2.05, 4.69) is 5.10 Å². The standard InChI is InChI=1S/C20H21ClN2O3/c1-3-25-16-9-14(10-17(12-16)26-4-2)20-11-15(13-24)22-23(20)19-8-6-5-7-18(19)21/h5-12,24H,3-4,13H2,1-2H3. The molecule has 0 aliphatic heterocycles. The third-order valence-corrected chi connectivity index (χ3v) is 4.12. The van der Waals surface area contributed by atoms with E-state index in [0.717, 1.165) is 16.9 Å². The van der Waals surface area contributed by atoms with Crippen LogP contribution in [0.25, 0.3) is 16.9 Å². The molecule has 6 heteroatoms. The molecule has 1 N–H and O–H groups in total. The fourth-order valence-electron chi connectivity index (χ4n) is 2.74. The molecule has 0 atom stereocenters. The number of halogens is 1. The smallest absolute Gasteiger partial charge is 0.123 e. The maximum atomic E-state index is 9.56. The summed E-state index contributed by atoms with van der Waals surface area (Å²) in [5, 5.41) is 14.6. The summed E-state index contributed by atoms with van der Waals surface area (Å²) >= 11 is 6.36.